The highest BCUT2D eigenvalue weighted by Gasteiger charge is 2.47. The molecule has 1 aliphatic rings. The standard InChI is InChI=1S/C24H19F2N3O3/c1-32-20-12-6-16(7-13-20)22-21(27-23(30)17-4-10-19(26)11-5-17)24(31)28-29(22)14-15-2-8-18(25)9-3-15/h2-14,21-22H,1H3,(H-,27,28,30,31)/p+1/b29-14-/t21-,22+/m0/s1. The molecule has 3 aromatic rings. The van der Waals surface area contributed by atoms with E-state index in [1.54, 1.807) is 54.4 Å². The van der Waals surface area contributed by atoms with Gasteiger partial charge in [0.15, 0.2) is 6.04 Å². The molecule has 0 saturated carbocycles. The lowest BCUT2D eigenvalue weighted by atomic mass is 9.99. The van der Waals surface area contributed by atoms with E-state index in [2.05, 4.69) is 10.7 Å². The van der Waals surface area contributed by atoms with Gasteiger partial charge in [-0.2, -0.15) is 0 Å². The molecule has 162 valence electrons. The number of nitrogens with one attached hydrogen (secondary N) is 2. The Morgan fingerprint density at radius 1 is 0.969 bits per heavy atom. The monoisotopic (exact) mass is 436 g/mol. The van der Waals surface area contributed by atoms with Gasteiger partial charge < -0.3 is 10.1 Å². The summed E-state index contributed by atoms with van der Waals surface area (Å²) in [7, 11) is 1.55. The fourth-order valence-electron chi connectivity index (χ4n) is 3.52. The molecule has 2 atom stereocenters. The highest BCUT2D eigenvalue weighted by atomic mass is 19.1. The van der Waals surface area contributed by atoms with Gasteiger partial charge in [-0.25, -0.2) is 8.78 Å². The van der Waals surface area contributed by atoms with Crippen LogP contribution in [0.3, 0.4) is 0 Å². The van der Waals surface area contributed by atoms with Gasteiger partial charge in [0.2, 0.25) is 12.3 Å². The molecule has 3 aromatic carbocycles. The lowest BCUT2D eigenvalue weighted by Crippen LogP contribution is -2.42. The normalized spacial score (nSPS) is 19.0. The fraction of sp³-hybridized carbons (Fsp3) is 0.125. The van der Waals surface area contributed by atoms with Crippen molar-refractivity contribution in [2.24, 2.45) is 0 Å². The van der Waals surface area contributed by atoms with Gasteiger partial charge >= 0.3 is 5.91 Å². The minimum atomic E-state index is -0.933. The molecule has 1 aliphatic heterocycles. The third kappa shape index (κ3) is 4.49. The van der Waals surface area contributed by atoms with Gasteiger partial charge in [0.25, 0.3) is 5.91 Å². The predicted octanol–water partition coefficient (Wildman–Crippen LogP) is 2.99. The van der Waals surface area contributed by atoms with Gasteiger partial charge in [0.1, 0.15) is 17.4 Å². The largest absolute Gasteiger partial charge is 0.497 e. The Labute approximate surface area is 183 Å². The summed E-state index contributed by atoms with van der Waals surface area (Å²) in [5, 5.41) is 2.74. The van der Waals surface area contributed by atoms with Crippen LogP contribution in [0.1, 0.15) is 27.5 Å². The molecule has 0 unspecified atom stereocenters. The number of benzene rings is 3. The maximum Gasteiger partial charge on any atom is 0.304 e. The SMILES string of the molecule is COc1ccc([C@@H]2[C@H](NC(=O)c3ccc(F)cc3)C(=O)N/[N+]2=C\c2ccc(F)cc2)cc1. The number of carbonyl (C=O) groups excluding carboxylic acids is 2. The highest BCUT2D eigenvalue weighted by Crippen LogP contribution is 2.27. The second-order valence-corrected chi connectivity index (χ2v) is 7.24. The van der Waals surface area contributed by atoms with Crippen LogP contribution in [0, 0.1) is 11.6 Å². The third-order valence-corrected chi connectivity index (χ3v) is 5.15. The van der Waals surface area contributed by atoms with Crippen LogP contribution < -0.4 is 15.5 Å². The van der Waals surface area contributed by atoms with E-state index in [9.17, 15) is 18.4 Å². The molecular weight excluding hydrogens is 416 g/mol. The average molecular weight is 436 g/mol. The van der Waals surface area contributed by atoms with Crippen molar-refractivity contribution in [2.75, 3.05) is 7.11 Å². The van der Waals surface area contributed by atoms with Crippen LogP contribution >= 0.6 is 0 Å². The quantitative estimate of drug-likeness (QED) is 0.605. The molecule has 8 heteroatoms. The summed E-state index contributed by atoms with van der Waals surface area (Å²) < 4.78 is 33.3. The first-order chi connectivity index (χ1) is 15.4. The van der Waals surface area contributed by atoms with E-state index in [4.69, 9.17) is 4.74 Å². The van der Waals surface area contributed by atoms with Gasteiger partial charge in [0.05, 0.1) is 7.11 Å². The smallest absolute Gasteiger partial charge is 0.304 e. The minimum Gasteiger partial charge on any atom is -0.497 e. The molecule has 4 rings (SSSR count). The summed E-state index contributed by atoms with van der Waals surface area (Å²) in [5.41, 5.74) is 4.38. The zero-order chi connectivity index (χ0) is 22.7. The van der Waals surface area contributed by atoms with E-state index >= 15 is 0 Å². The molecule has 32 heavy (non-hydrogen) atoms. The van der Waals surface area contributed by atoms with E-state index in [1.807, 2.05) is 0 Å². The van der Waals surface area contributed by atoms with Crippen molar-refractivity contribution in [1.82, 2.24) is 10.7 Å². The first kappa shape index (κ1) is 21.2. The van der Waals surface area contributed by atoms with Crippen molar-refractivity contribution in [3.05, 3.63) is 101 Å². The van der Waals surface area contributed by atoms with Crippen molar-refractivity contribution in [1.29, 1.82) is 0 Å². The van der Waals surface area contributed by atoms with Crippen molar-refractivity contribution >= 4 is 18.0 Å². The molecular formula is C24H20F2N3O3+. The molecule has 0 spiro atoms. The van der Waals surface area contributed by atoms with Crippen LogP contribution in [-0.2, 0) is 4.79 Å². The van der Waals surface area contributed by atoms with Gasteiger partial charge in [-0.3, -0.25) is 9.59 Å². The number of rotatable bonds is 5. The summed E-state index contributed by atoms with van der Waals surface area (Å²) in [4.78, 5) is 25.6. The van der Waals surface area contributed by atoms with Crippen LogP contribution in [0.4, 0.5) is 8.78 Å². The maximum absolute atomic E-state index is 13.3. The fourth-order valence-corrected chi connectivity index (χ4v) is 3.52. The Hall–Kier alpha value is -4.07. The summed E-state index contributed by atoms with van der Waals surface area (Å²) in [6, 6.07) is 16.4. The molecule has 1 saturated heterocycles. The molecule has 2 amide bonds. The molecule has 0 aliphatic carbocycles. The Morgan fingerprint density at radius 3 is 2.16 bits per heavy atom. The van der Waals surface area contributed by atoms with Crippen LogP contribution in [0.15, 0.2) is 72.8 Å². The Bertz CT molecular complexity index is 1160. The Balaban J connectivity index is 1.69. The molecule has 1 heterocycles. The van der Waals surface area contributed by atoms with E-state index in [1.165, 1.54) is 36.4 Å². The molecule has 2 N–H and O–H groups in total. The Morgan fingerprint density at radius 2 is 1.56 bits per heavy atom. The zero-order valence-corrected chi connectivity index (χ0v) is 17.1. The third-order valence-electron chi connectivity index (χ3n) is 5.15. The summed E-state index contributed by atoms with van der Waals surface area (Å²) >= 11 is 0. The van der Waals surface area contributed by atoms with E-state index < -0.39 is 29.7 Å². The molecule has 0 radical (unpaired) electrons. The topological polar surface area (TPSA) is 70.4 Å². The molecule has 0 bridgehead atoms. The number of nitrogens with zero attached hydrogens (tertiary/aromatic N) is 1. The Kier molecular flexibility index (Phi) is 5.93. The minimum absolute atomic E-state index is 0.230. The van der Waals surface area contributed by atoms with Crippen molar-refractivity contribution < 1.29 is 27.8 Å². The van der Waals surface area contributed by atoms with Crippen LogP contribution in [-0.4, -0.2) is 35.9 Å². The van der Waals surface area contributed by atoms with Gasteiger partial charge in [-0.05, 0) is 72.8 Å². The van der Waals surface area contributed by atoms with Crippen molar-refractivity contribution in [2.45, 2.75) is 12.1 Å². The number of hydrazone groups is 1. The maximum atomic E-state index is 13.3. The van der Waals surface area contributed by atoms with Gasteiger partial charge in [0, 0.05) is 16.7 Å². The van der Waals surface area contributed by atoms with Crippen LogP contribution in [0.25, 0.3) is 0 Å². The predicted molar refractivity (Wildman–Crippen MR) is 113 cm³/mol. The van der Waals surface area contributed by atoms with Crippen molar-refractivity contribution in [3.63, 3.8) is 0 Å². The number of hydrazine groups is 1. The van der Waals surface area contributed by atoms with E-state index in [-0.39, 0.29) is 11.4 Å². The average Bonchev–Trinajstić information content (AvgIpc) is 3.10. The van der Waals surface area contributed by atoms with Crippen molar-refractivity contribution in [3.8, 4) is 5.75 Å². The first-order valence-electron chi connectivity index (χ1n) is 9.84. The lowest BCUT2D eigenvalue weighted by Gasteiger charge is -2.15. The number of hydrogen-bond acceptors (Lipinski definition) is 3. The summed E-state index contributed by atoms with van der Waals surface area (Å²) in [6.45, 7) is 0. The second kappa shape index (κ2) is 8.97. The lowest BCUT2D eigenvalue weighted by molar-refractivity contribution is -0.596. The first-order valence-corrected chi connectivity index (χ1v) is 9.84. The summed E-state index contributed by atoms with van der Waals surface area (Å²) in [6.07, 6.45) is 1.66. The van der Waals surface area contributed by atoms with Gasteiger partial charge in [-0.15, -0.1) is 10.1 Å². The summed E-state index contributed by atoms with van der Waals surface area (Å²) in [5.74, 6) is -1.11. The van der Waals surface area contributed by atoms with Gasteiger partial charge in [-0.1, -0.05) is 0 Å². The number of amides is 2. The second-order valence-electron chi connectivity index (χ2n) is 7.24. The molecule has 6 nitrogen and oxygen atoms in total. The number of ether oxygens (including phenoxy) is 1. The van der Waals surface area contributed by atoms with E-state index in [0.717, 1.165) is 5.56 Å². The highest BCUT2D eigenvalue weighted by molar-refractivity contribution is 5.98. The number of carbonyl (C=O) groups is 2. The number of hydrogen-bond donors (Lipinski definition) is 2. The number of methoxy groups -OCH3 is 1. The molecule has 0 aromatic heterocycles. The number of halogens is 2. The zero-order valence-electron chi connectivity index (χ0n) is 17.1. The molecule has 1 fully saturated rings. The van der Waals surface area contributed by atoms with E-state index in [0.29, 0.717) is 11.3 Å². The van der Waals surface area contributed by atoms with Crippen LogP contribution in [0.5, 0.6) is 5.75 Å². The van der Waals surface area contributed by atoms with Crippen LogP contribution in [0.2, 0.25) is 0 Å².